The molecule has 3 heteroatoms. The Morgan fingerprint density at radius 1 is 1.44 bits per heavy atom. The van der Waals surface area contributed by atoms with Crippen LogP contribution in [0.25, 0.3) is 11.0 Å². The summed E-state index contributed by atoms with van der Waals surface area (Å²) in [7, 11) is 2.16. The maximum absolute atomic E-state index is 4.92. The Hall–Kier alpha value is -1.35. The van der Waals surface area contributed by atoms with Crippen molar-refractivity contribution in [1.29, 1.82) is 0 Å². The molecular formula is C15H21N3. The van der Waals surface area contributed by atoms with E-state index in [0.717, 1.165) is 25.0 Å². The van der Waals surface area contributed by atoms with Crippen LogP contribution in [0.15, 0.2) is 18.2 Å². The Morgan fingerprint density at radius 2 is 2.28 bits per heavy atom. The molecule has 1 aromatic heterocycles. The predicted octanol–water partition coefficient (Wildman–Crippen LogP) is 2.52. The van der Waals surface area contributed by atoms with Crippen LogP contribution in [0.1, 0.15) is 31.2 Å². The summed E-state index contributed by atoms with van der Waals surface area (Å²) in [6, 6.07) is 6.39. The van der Waals surface area contributed by atoms with Gasteiger partial charge in [0, 0.05) is 19.0 Å². The Bertz CT molecular complexity index is 577. The third-order valence-corrected chi connectivity index (χ3v) is 4.49. The minimum absolute atomic E-state index is 0.222. The first kappa shape index (κ1) is 11.7. The molecule has 1 N–H and O–H groups in total. The van der Waals surface area contributed by atoms with E-state index in [0.29, 0.717) is 0 Å². The number of hydrogen-bond acceptors (Lipinski definition) is 2. The lowest BCUT2D eigenvalue weighted by atomic mass is 9.83. The summed E-state index contributed by atoms with van der Waals surface area (Å²) in [5.41, 5.74) is 3.95. The van der Waals surface area contributed by atoms with E-state index in [2.05, 4.69) is 49.0 Å². The molecule has 96 valence electrons. The van der Waals surface area contributed by atoms with Gasteiger partial charge >= 0.3 is 0 Å². The summed E-state index contributed by atoms with van der Waals surface area (Å²) in [6.07, 6.45) is 2.34. The van der Waals surface area contributed by atoms with E-state index >= 15 is 0 Å². The molecule has 1 aromatic carbocycles. The molecule has 0 aliphatic carbocycles. The quantitative estimate of drug-likeness (QED) is 0.878. The second kappa shape index (κ2) is 4.09. The van der Waals surface area contributed by atoms with E-state index in [1.54, 1.807) is 0 Å². The summed E-state index contributed by atoms with van der Waals surface area (Å²) in [5, 5.41) is 3.50. The monoisotopic (exact) mass is 243 g/mol. The molecule has 3 nitrogen and oxygen atoms in total. The molecule has 0 saturated carbocycles. The van der Waals surface area contributed by atoms with E-state index in [1.165, 1.54) is 23.3 Å². The molecule has 1 fully saturated rings. The molecule has 1 aliphatic rings. The number of para-hydroxylation sites is 1. The lowest BCUT2D eigenvalue weighted by molar-refractivity contribution is 0.415. The minimum Gasteiger partial charge on any atom is -0.330 e. The maximum Gasteiger partial charge on any atom is 0.117 e. The van der Waals surface area contributed by atoms with Gasteiger partial charge in [0.05, 0.1) is 11.0 Å². The lowest BCUT2D eigenvalue weighted by Crippen LogP contribution is -2.31. The zero-order chi connectivity index (χ0) is 12.8. The van der Waals surface area contributed by atoms with Gasteiger partial charge in [0.15, 0.2) is 0 Å². The normalized spacial score (nSPS) is 23.9. The number of rotatable bonds is 2. The topological polar surface area (TPSA) is 29.9 Å². The molecule has 0 spiro atoms. The van der Waals surface area contributed by atoms with E-state index < -0.39 is 0 Å². The molecule has 0 radical (unpaired) electrons. The van der Waals surface area contributed by atoms with Gasteiger partial charge in [-0.15, -0.1) is 0 Å². The van der Waals surface area contributed by atoms with Gasteiger partial charge in [0.25, 0.3) is 0 Å². The second-order valence-corrected chi connectivity index (χ2v) is 5.50. The van der Waals surface area contributed by atoms with Crippen LogP contribution in [0.3, 0.4) is 0 Å². The van der Waals surface area contributed by atoms with Crippen molar-refractivity contribution in [3.05, 3.63) is 29.6 Å². The number of benzene rings is 1. The largest absolute Gasteiger partial charge is 0.330 e. The van der Waals surface area contributed by atoms with Crippen LogP contribution < -0.4 is 5.32 Å². The molecule has 2 heterocycles. The van der Waals surface area contributed by atoms with Crippen LogP contribution in [0, 0.1) is 6.92 Å². The lowest BCUT2D eigenvalue weighted by Gasteiger charge is -2.26. The molecule has 1 unspecified atom stereocenters. The van der Waals surface area contributed by atoms with Crippen LogP contribution in [0.5, 0.6) is 0 Å². The van der Waals surface area contributed by atoms with Crippen LogP contribution in [0.4, 0.5) is 0 Å². The number of fused-ring (bicyclic) bond motifs is 1. The fourth-order valence-electron chi connectivity index (χ4n) is 3.33. The third kappa shape index (κ3) is 1.50. The molecule has 1 atom stereocenters. The minimum atomic E-state index is 0.222. The van der Waals surface area contributed by atoms with E-state index in [9.17, 15) is 0 Å². The zero-order valence-corrected chi connectivity index (χ0v) is 11.5. The van der Waals surface area contributed by atoms with Crippen LogP contribution in [-0.4, -0.2) is 22.6 Å². The Labute approximate surface area is 108 Å². The molecule has 18 heavy (non-hydrogen) atoms. The first-order valence-electron chi connectivity index (χ1n) is 6.81. The van der Waals surface area contributed by atoms with Crippen LogP contribution in [0.2, 0.25) is 0 Å². The highest BCUT2D eigenvalue weighted by Crippen LogP contribution is 2.35. The SMILES string of the molecule is CCC1(c2nc3cccc(C)c3n2C)CCNC1. The predicted molar refractivity (Wildman–Crippen MR) is 74.9 cm³/mol. The van der Waals surface area contributed by atoms with Crippen molar-refractivity contribution in [2.75, 3.05) is 13.1 Å². The third-order valence-electron chi connectivity index (χ3n) is 4.49. The van der Waals surface area contributed by atoms with Crippen molar-refractivity contribution in [3.8, 4) is 0 Å². The average Bonchev–Trinajstić information content (AvgIpc) is 2.96. The molecular weight excluding hydrogens is 222 g/mol. The first-order chi connectivity index (χ1) is 8.68. The van der Waals surface area contributed by atoms with Crippen molar-refractivity contribution in [2.45, 2.75) is 32.1 Å². The average molecular weight is 243 g/mol. The Balaban J connectivity index is 2.24. The van der Waals surface area contributed by atoms with Gasteiger partial charge in [-0.1, -0.05) is 19.1 Å². The van der Waals surface area contributed by atoms with Crippen molar-refractivity contribution in [3.63, 3.8) is 0 Å². The Morgan fingerprint density at radius 3 is 2.89 bits per heavy atom. The maximum atomic E-state index is 4.92. The smallest absolute Gasteiger partial charge is 0.117 e. The van der Waals surface area contributed by atoms with E-state index in [-0.39, 0.29) is 5.41 Å². The van der Waals surface area contributed by atoms with Gasteiger partial charge in [-0.05, 0) is 37.9 Å². The summed E-state index contributed by atoms with van der Waals surface area (Å²) in [6.45, 7) is 6.61. The fraction of sp³-hybridized carbons (Fsp3) is 0.533. The molecule has 2 aromatic rings. The van der Waals surface area contributed by atoms with E-state index in [4.69, 9.17) is 4.98 Å². The van der Waals surface area contributed by atoms with Gasteiger partial charge in [0.1, 0.15) is 5.82 Å². The van der Waals surface area contributed by atoms with Crippen molar-refractivity contribution in [1.82, 2.24) is 14.9 Å². The number of imidazole rings is 1. The highest BCUT2D eigenvalue weighted by Gasteiger charge is 2.37. The summed E-state index contributed by atoms with van der Waals surface area (Å²) < 4.78 is 2.31. The molecule has 1 aliphatic heterocycles. The number of nitrogens with one attached hydrogen (secondary N) is 1. The van der Waals surface area contributed by atoms with Gasteiger partial charge in [-0.2, -0.15) is 0 Å². The van der Waals surface area contributed by atoms with Gasteiger partial charge in [0.2, 0.25) is 0 Å². The van der Waals surface area contributed by atoms with Gasteiger partial charge < -0.3 is 9.88 Å². The standard InChI is InChI=1S/C15H21N3/c1-4-15(8-9-16-10-15)14-17-12-7-5-6-11(2)13(12)18(14)3/h5-7,16H,4,8-10H2,1-3H3. The number of nitrogens with zero attached hydrogens (tertiary/aromatic N) is 2. The fourth-order valence-corrected chi connectivity index (χ4v) is 3.33. The van der Waals surface area contributed by atoms with Crippen molar-refractivity contribution < 1.29 is 0 Å². The number of aryl methyl sites for hydroxylation is 2. The van der Waals surface area contributed by atoms with Crippen LogP contribution in [-0.2, 0) is 12.5 Å². The molecule has 3 rings (SSSR count). The van der Waals surface area contributed by atoms with Gasteiger partial charge in [-0.3, -0.25) is 0 Å². The second-order valence-electron chi connectivity index (χ2n) is 5.50. The summed E-state index contributed by atoms with van der Waals surface area (Å²) in [5.74, 6) is 1.25. The van der Waals surface area contributed by atoms with Crippen LogP contribution >= 0.6 is 0 Å². The Kier molecular flexibility index (Phi) is 2.67. The number of hydrogen-bond donors (Lipinski definition) is 1. The van der Waals surface area contributed by atoms with Gasteiger partial charge in [-0.25, -0.2) is 4.98 Å². The highest BCUT2D eigenvalue weighted by molar-refractivity contribution is 5.79. The number of aromatic nitrogens is 2. The van der Waals surface area contributed by atoms with Crippen molar-refractivity contribution in [2.24, 2.45) is 7.05 Å². The highest BCUT2D eigenvalue weighted by atomic mass is 15.1. The zero-order valence-electron chi connectivity index (χ0n) is 11.5. The van der Waals surface area contributed by atoms with Crippen molar-refractivity contribution >= 4 is 11.0 Å². The summed E-state index contributed by atoms with van der Waals surface area (Å²) >= 11 is 0. The summed E-state index contributed by atoms with van der Waals surface area (Å²) in [4.78, 5) is 4.92. The van der Waals surface area contributed by atoms with E-state index in [1.807, 2.05) is 0 Å². The molecule has 0 bridgehead atoms. The first-order valence-corrected chi connectivity index (χ1v) is 6.81. The molecule has 0 amide bonds. The molecule has 1 saturated heterocycles.